The van der Waals surface area contributed by atoms with E-state index >= 15 is 0 Å². The number of ketones is 1. The van der Waals surface area contributed by atoms with Crippen LogP contribution >= 0.6 is 0 Å². The van der Waals surface area contributed by atoms with Crippen molar-refractivity contribution in [1.82, 2.24) is 0 Å². The molecule has 0 aromatic rings. The molecule has 1 fully saturated rings. The molecule has 0 aromatic carbocycles. The van der Waals surface area contributed by atoms with E-state index in [9.17, 15) is 9.59 Å². The summed E-state index contributed by atoms with van der Waals surface area (Å²) in [6.45, 7) is 12.2. The van der Waals surface area contributed by atoms with E-state index in [1.807, 2.05) is 20.8 Å². The number of Topliss-reactive ketones (excluding diaryl/α,β-unsaturated/α-hetero) is 1. The van der Waals surface area contributed by atoms with Crippen molar-refractivity contribution in [2.24, 2.45) is 22.7 Å². The third kappa shape index (κ3) is 4.05. The minimum Gasteiger partial charge on any atom is -0.457 e. The van der Waals surface area contributed by atoms with Gasteiger partial charge in [0.1, 0.15) is 6.61 Å². The summed E-state index contributed by atoms with van der Waals surface area (Å²) in [7, 11) is 1.60. The van der Waals surface area contributed by atoms with E-state index in [4.69, 9.17) is 9.47 Å². The summed E-state index contributed by atoms with van der Waals surface area (Å²) < 4.78 is 10.6. The highest BCUT2D eigenvalue weighted by molar-refractivity contribution is 5.93. The molecule has 1 saturated heterocycles. The smallest absolute Gasteiger partial charge is 0.312 e. The normalized spacial score (nSPS) is 26.4. The first-order chi connectivity index (χ1) is 8.97. The van der Waals surface area contributed by atoms with Gasteiger partial charge in [0.05, 0.1) is 12.0 Å². The van der Waals surface area contributed by atoms with Gasteiger partial charge < -0.3 is 9.47 Å². The minimum atomic E-state index is -0.513. The van der Waals surface area contributed by atoms with E-state index in [1.165, 1.54) is 0 Å². The lowest BCUT2D eigenvalue weighted by Gasteiger charge is -2.41. The van der Waals surface area contributed by atoms with Crippen molar-refractivity contribution in [1.29, 1.82) is 0 Å². The Morgan fingerprint density at radius 2 is 1.75 bits per heavy atom. The number of esters is 1. The average molecular weight is 284 g/mol. The molecule has 3 unspecified atom stereocenters. The summed E-state index contributed by atoms with van der Waals surface area (Å²) in [4.78, 5) is 24.5. The lowest BCUT2D eigenvalue weighted by atomic mass is 9.66. The van der Waals surface area contributed by atoms with Crippen LogP contribution in [0.1, 0.15) is 48.0 Å². The molecule has 0 saturated carbocycles. The molecule has 1 aliphatic heterocycles. The van der Waals surface area contributed by atoms with Crippen molar-refractivity contribution in [3.05, 3.63) is 0 Å². The molecule has 4 heteroatoms. The van der Waals surface area contributed by atoms with Crippen molar-refractivity contribution >= 4 is 11.8 Å². The quantitative estimate of drug-likeness (QED) is 0.748. The van der Waals surface area contributed by atoms with Crippen LogP contribution < -0.4 is 0 Å². The highest BCUT2D eigenvalue weighted by Gasteiger charge is 2.50. The first-order valence-corrected chi connectivity index (χ1v) is 7.19. The first-order valence-electron chi connectivity index (χ1n) is 7.19. The minimum absolute atomic E-state index is 0.00180. The number of hydrogen-bond acceptors (Lipinski definition) is 4. The Bertz CT molecular complexity index is 373. The third-order valence-electron chi connectivity index (χ3n) is 3.78. The predicted octanol–water partition coefficient (Wildman–Crippen LogP) is 2.84. The Labute approximate surface area is 122 Å². The number of carbonyl (C=O) groups is 2. The third-order valence-corrected chi connectivity index (χ3v) is 3.78. The zero-order valence-electron chi connectivity index (χ0n) is 13.8. The van der Waals surface area contributed by atoms with Crippen LogP contribution in [0.4, 0.5) is 0 Å². The van der Waals surface area contributed by atoms with Gasteiger partial charge in [0.25, 0.3) is 0 Å². The molecule has 0 radical (unpaired) electrons. The molecule has 1 heterocycles. The fourth-order valence-corrected chi connectivity index (χ4v) is 3.01. The Kier molecular flexibility index (Phi) is 5.01. The molecule has 0 bridgehead atoms. The molecule has 20 heavy (non-hydrogen) atoms. The van der Waals surface area contributed by atoms with Gasteiger partial charge in [0, 0.05) is 13.0 Å². The summed E-state index contributed by atoms with van der Waals surface area (Å²) >= 11 is 0. The summed E-state index contributed by atoms with van der Waals surface area (Å²) in [5.41, 5.74) is -0.264. The van der Waals surface area contributed by atoms with Crippen LogP contribution in [0.25, 0.3) is 0 Å². The van der Waals surface area contributed by atoms with Crippen molar-refractivity contribution in [3.8, 4) is 0 Å². The van der Waals surface area contributed by atoms with Crippen LogP contribution in [0.3, 0.4) is 0 Å². The van der Waals surface area contributed by atoms with Gasteiger partial charge in [-0.15, -0.1) is 0 Å². The van der Waals surface area contributed by atoms with Gasteiger partial charge in [0.2, 0.25) is 0 Å². The zero-order chi connectivity index (χ0) is 15.7. The largest absolute Gasteiger partial charge is 0.457 e. The summed E-state index contributed by atoms with van der Waals surface area (Å²) in [5, 5.41) is 0. The van der Waals surface area contributed by atoms with Crippen LogP contribution in [-0.2, 0) is 19.1 Å². The van der Waals surface area contributed by atoms with Crippen LogP contribution in [0.5, 0.6) is 0 Å². The van der Waals surface area contributed by atoms with Crippen molar-refractivity contribution in [2.75, 3.05) is 13.7 Å². The number of hydrogen-bond donors (Lipinski definition) is 0. The number of cyclic esters (lactones) is 1. The monoisotopic (exact) mass is 284 g/mol. The number of rotatable bonds is 3. The molecule has 1 rings (SSSR count). The molecular formula is C16H28O4. The van der Waals surface area contributed by atoms with Crippen LogP contribution in [0.2, 0.25) is 0 Å². The van der Waals surface area contributed by atoms with Crippen molar-refractivity contribution in [3.63, 3.8) is 0 Å². The lowest BCUT2D eigenvalue weighted by Crippen LogP contribution is -2.51. The maximum Gasteiger partial charge on any atom is 0.312 e. The maximum atomic E-state index is 12.3. The highest BCUT2D eigenvalue weighted by atomic mass is 16.5. The van der Waals surface area contributed by atoms with E-state index < -0.39 is 5.92 Å². The second-order valence-electron chi connectivity index (χ2n) is 7.98. The van der Waals surface area contributed by atoms with Gasteiger partial charge in [-0.1, -0.05) is 41.5 Å². The van der Waals surface area contributed by atoms with Gasteiger partial charge in [-0.3, -0.25) is 9.59 Å². The molecule has 0 aliphatic carbocycles. The molecule has 0 aromatic heterocycles. The average Bonchev–Trinajstić information content (AvgIpc) is 2.26. The van der Waals surface area contributed by atoms with Crippen LogP contribution in [0, 0.1) is 22.7 Å². The SMILES string of the molecule is COC(CC(C)(C)C)C1C(=O)OCC(=O)C1C(C)(C)C. The molecule has 4 nitrogen and oxygen atoms in total. The molecule has 1 aliphatic rings. The molecule has 0 amide bonds. The summed E-state index contributed by atoms with van der Waals surface area (Å²) in [6, 6.07) is 0. The van der Waals surface area contributed by atoms with E-state index in [-0.39, 0.29) is 41.2 Å². The topological polar surface area (TPSA) is 52.6 Å². The van der Waals surface area contributed by atoms with Crippen LogP contribution in [0.15, 0.2) is 0 Å². The van der Waals surface area contributed by atoms with Crippen molar-refractivity contribution < 1.29 is 19.1 Å². The Hall–Kier alpha value is -0.900. The van der Waals surface area contributed by atoms with Crippen LogP contribution in [-0.4, -0.2) is 31.6 Å². The molecule has 116 valence electrons. The van der Waals surface area contributed by atoms with Gasteiger partial charge >= 0.3 is 5.97 Å². The van der Waals surface area contributed by atoms with Gasteiger partial charge in [0.15, 0.2) is 5.78 Å². The predicted molar refractivity (Wildman–Crippen MR) is 77.3 cm³/mol. The van der Waals surface area contributed by atoms with E-state index in [1.54, 1.807) is 7.11 Å². The number of carbonyl (C=O) groups excluding carboxylic acids is 2. The number of ether oxygens (including phenoxy) is 2. The van der Waals surface area contributed by atoms with Gasteiger partial charge in [-0.25, -0.2) is 0 Å². The van der Waals surface area contributed by atoms with E-state index in [0.717, 1.165) is 0 Å². The Morgan fingerprint density at radius 3 is 2.15 bits per heavy atom. The lowest BCUT2D eigenvalue weighted by molar-refractivity contribution is -0.176. The van der Waals surface area contributed by atoms with Gasteiger partial charge in [-0.2, -0.15) is 0 Å². The summed E-state index contributed by atoms with van der Waals surface area (Å²) in [6.07, 6.45) is 0.416. The molecule has 3 atom stereocenters. The molecule has 0 N–H and O–H groups in total. The maximum absolute atomic E-state index is 12.3. The summed E-state index contributed by atoms with van der Waals surface area (Å²) in [5.74, 6) is -1.17. The number of methoxy groups -OCH3 is 1. The fourth-order valence-electron chi connectivity index (χ4n) is 3.01. The second-order valence-corrected chi connectivity index (χ2v) is 7.98. The zero-order valence-corrected chi connectivity index (χ0v) is 13.8. The fraction of sp³-hybridized carbons (Fsp3) is 0.875. The van der Waals surface area contributed by atoms with Gasteiger partial charge in [-0.05, 0) is 17.3 Å². The van der Waals surface area contributed by atoms with E-state index in [0.29, 0.717) is 6.42 Å². The molecular weight excluding hydrogens is 256 g/mol. The standard InChI is InChI=1S/C16H28O4/c1-15(2,3)8-11(19-7)12-13(16(4,5)6)10(17)9-20-14(12)18/h11-13H,8-9H2,1-7H3. The van der Waals surface area contributed by atoms with Crippen molar-refractivity contribution in [2.45, 2.75) is 54.1 Å². The Balaban J connectivity index is 3.12. The first kappa shape index (κ1) is 17.2. The Morgan fingerprint density at radius 1 is 1.20 bits per heavy atom. The second kappa shape index (κ2) is 5.84. The highest BCUT2D eigenvalue weighted by Crippen LogP contribution is 2.41. The van der Waals surface area contributed by atoms with E-state index in [2.05, 4.69) is 20.8 Å². The molecule has 0 spiro atoms.